The van der Waals surface area contributed by atoms with Gasteiger partial charge in [-0.2, -0.15) is 0 Å². The topological polar surface area (TPSA) is 41.5 Å². The summed E-state index contributed by atoms with van der Waals surface area (Å²) in [6.45, 7) is 5.84. The number of nitrogens with one attached hydrogen (secondary N) is 1. The van der Waals surface area contributed by atoms with Crippen LogP contribution in [0.15, 0.2) is 0 Å². The third-order valence-corrected chi connectivity index (χ3v) is 4.93. The van der Waals surface area contributed by atoms with Gasteiger partial charge in [-0.1, -0.05) is 39.5 Å². The average Bonchev–Trinajstić information content (AvgIpc) is 2.87. The number of hydrogen-bond acceptors (Lipinski definition) is 3. The van der Waals surface area contributed by atoms with Gasteiger partial charge in [0.05, 0.1) is 18.8 Å². The van der Waals surface area contributed by atoms with Gasteiger partial charge in [-0.05, 0) is 31.1 Å². The molecule has 2 fully saturated rings. The van der Waals surface area contributed by atoms with Crippen molar-refractivity contribution in [1.82, 2.24) is 5.32 Å². The molecule has 112 valence electrons. The van der Waals surface area contributed by atoms with Gasteiger partial charge in [-0.3, -0.25) is 0 Å². The van der Waals surface area contributed by atoms with Crippen LogP contribution >= 0.6 is 0 Å². The van der Waals surface area contributed by atoms with Crippen LogP contribution in [0.4, 0.5) is 0 Å². The van der Waals surface area contributed by atoms with E-state index in [9.17, 15) is 5.11 Å². The van der Waals surface area contributed by atoms with Crippen molar-refractivity contribution in [2.75, 3.05) is 13.2 Å². The molecule has 0 aromatic heterocycles. The fourth-order valence-corrected chi connectivity index (χ4v) is 3.51. The maximum Gasteiger partial charge on any atom is 0.0897 e. The van der Waals surface area contributed by atoms with Crippen LogP contribution in [-0.4, -0.2) is 36.5 Å². The molecule has 2 aliphatic carbocycles. The highest BCUT2D eigenvalue weighted by atomic mass is 16.5. The van der Waals surface area contributed by atoms with Crippen LogP contribution in [0.3, 0.4) is 0 Å². The molecule has 0 heterocycles. The molecule has 2 unspecified atom stereocenters. The summed E-state index contributed by atoms with van der Waals surface area (Å²) in [5.41, 5.74) is 0.365. The molecule has 0 aromatic rings. The van der Waals surface area contributed by atoms with E-state index in [0.29, 0.717) is 30.7 Å². The Morgan fingerprint density at radius 2 is 1.84 bits per heavy atom. The maximum absolute atomic E-state index is 10.0. The van der Waals surface area contributed by atoms with Crippen LogP contribution in [-0.2, 0) is 4.74 Å². The Labute approximate surface area is 118 Å². The van der Waals surface area contributed by atoms with E-state index in [1.54, 1.807) is 0 Å². The molecule has 0 spiro atoms. The van der Waals surface area contributed by atoms with Crippen LogP contribution in [0.1, 0.15) is 65.2 Å². The number of aliphatic hydroxyl groups excluding tert-OH is 1. The van der Waals surface area contributed by atoms with E-state index in [2.05, 4.69) is 19.2 Å². The Kier molecular flexibility index (Phi) is 5.67. The molecule has 0 bridgehead atoms. The lowest BCUT2D eigenvalue weighted by atomic mass is 9.73. The van der Waals surface area contributed by atoms with Crippen LogP contribution in [0.25, 0.3) is 0 Å². The standard InChI is InChI=1S/C16H31NO2/c1-16(2)10-6-5-9-15(16)17-11-13(18)12-19-14-7-3-4-8-14/h13-15,17-18H,3-12H2,1-2H3. The van der Waals surface area contributed by atoms with Gasteiger partial charge in [0.1, 0.15) is 0 Å². The van der Waals surface area contributed by atoms with Crippen molar-refractivity contribution < 1.29 is 9.84 Å². The molecule has 2 saturated carbocycles. The Morgan fingerprint density at radius 3 is 2.53 bits per heavy atom. The SMILES string of the molecule is CC1(C)CCCCC1NCC(O)COC1CCCC1. The van der Waals surface area contributed by atoms with Crippen molar-refractivity contribution in [2.24, 2.45) is 5.41 Å². The second-order valence-electron chi connectivity index (χ2n) is 7.09. The molecule has 2 atom stereocenters. The van der Waals surface area contributed by atoms with E-state index in [4.69, 9.17) is 4.74 Å². The number of aliphatic hydroxyl groups is 1. The van der Waals surface area contributed by atoms with Gasteiger partial charge in [-0.15, -0.1) is 0 Å². The Morgan fingerprint density at radius 1 is 1.16 bits per heavy atom. The molecule has 0 amide bonds. The van der Waals surface area contributed by atoms with Crippen LogP contribution in [0, 0.1) is 5.41 Å². The van der Waals surface area contributed by atoms with Gasteiger partial charge in [0, 0.05) is 12.6 Å². The van der Waals surface area contributed by atoms with Gasteiger partial charge in [0.25, 0.3) is 0 Å². The maximum atomic E-state index is 10.0. The molecule has 2 aliphatic rings. The molecule has 0 aromatic carbocycles. The summed E-state index contributed by atoms with van der Waals surface area (Å²) in [6.07, 6.45) is 10.2. The van der Waals surface area contributed by atoms with Crippen LogP contribution in [0.5, 0.6) is 0 Å². The zero-order valence-corrected chi connectivity index (χ0v) is 12.7. The summed E-state index contributed by atoms with van der Waals surface area (Å²) in [5, 5.41) is 13.6. The lowest BCUT2D eigenvalue weighted by Crippen LogP contribution is -2.47. The summed E-state index contributed by atoms with van der Waals surface area (Å²) in [6, 6.07) is 0.544. The number of hydrogen-bond donors (Lipinski definition) is 2. The van der Waals surface area contributed by atoms with Gasteiger partial charge >= 0.3 is 0 Å². The van der Waals surface area contributed by atoms with Gasteiger partial charge in [0.2, 0.25) is 0 Å². The fraction of sp³-hybridized carbons (Fsp3) is 1.00. The van der Waals surface area contributed by atoms with E-state index in [1.165, 1.54) is 51.4 Å². The zero-order valence-electron chi connectivity index (χ0n) is 12.7. The number of ether oxygens (including phenoxy) is 1. The Hall–Kier alpha value is -0.120. The molecule has 0 radical (unpaired) electrons. The minimum atomic E-state index is -0.363. The van der Waals surface area contributed by atoms with Crippen molar-refractivity contribution in [3.63, 3.8) is 0 Å². The highest BCUT2D eigenvalue weighted by molar-refractivity contribution is 4.88. The van der Waals surface area contributed by atoms with E-state index in [1.807, 2.05) is 0 Å². The predicted molar refractivity (Wildman–Crippen MR) is 78.3 cm³/mol. The first-order valence-electron chi connectivity index (χ1n) is 8.11. The van der Waals surface area contributed by atoms with Gasteiger partial charge in [0.15, 0.2) is 0 Å². The summed E-state index contributed by atoms with van der Waals surface area (Å²) in [4.78, 5) is 0. The molecule has 2 rings (SSSR count). The summed E-state index contributed by atoms with van der Waals surface area (Å²) in [7, 11) is 0. The van der Waals surface area contributed by atoms with Crippen LogP contribution < -0.4 is 5.32 Å². The molecule has 3 heteroatoms. The van der Waals surface area contributed by atoms with E-state index in [0.717, 1.165) is 0 Å². The molecule has 3 nitrogen and oxygen atoms in total. The summed E-state index contributed by atoms with van der Waals surface area (Å²) >= 11 is 0. The second kappa shape index (κ2) is 7.05. The predicted octanol–water partition coefficient (Wildman–Crippen LogP) is 2.86. The fourth-order valence-electron chi connectivity index (χ4n) is 3.51. The third kappa shape index (κ3) is 4.73. The molecule has 2 N–H and O–H groups in total. The first-order valence-corrected chi connectivity index (χ1v) is 8.11. The van der Waals surface area contributed by atoms with Gasteiger partial charge < -0.3 is 15.2 Å². The van der Waals surface area contributed by atoms with Crippen molar-refractivity contribution in [3.8, 4) is 0 Å². The van der Waals surface area contributed by atoms with Crippen molar-refractivity contribution in [2.45, 2.75) is 83.5 Å². The third-order valence-electron chi connectivity index (χ3n) is 4.93. The molecular weight excluding hydrogens is 238 g/mol. The van der Waals surface area contributed by atoms with E-state index < -0.39 is 0 Å². The normalized spacial score (nSPS) is 29.5. The first-order chi connectivity index (χ1) is 9.08. The minimum absolute atomic E-state index is 0.363. The molecule has 19 heavy (non-hydrogen) atoms. The quantitative estimate of drug-likeness (QED) is 0.779. The Bertz CT molecular complexity index is 261. The Balaban J connectivity index is 1.63. The molecular formula is C16H31NO2. The first kappa shape index (κ1) is 15.3. The highest BCUT2D eigenvalue weighted by Gasteiger charge is 2.32. The van der Waals surface area contributed by atoms with Gasteiger partial charge in [-0.25, -0.2) is 0 Å². The van der Waals surface area contributed by atoms with Crippen LogP contribution in [0.2, 0.25) is 0 Å². The second-order valence-corrected chi connectivity index (χ2v) is 7.09. The minimum Gasteiger partial charge on any atom is -0.389 e. The van der Waals surface area contributed by atoms with Crippen molar-refractivity contribution in [3.05, 3.63) is 0 Å². The summed E-state index contributed by atoms with van der Waals surface area (Å²) < 4.78 is 5.77. The summed E-state index contributed by atoms with van der Waals surface area (Å²) in [5.74, 6) is 0. The van der Waals surface area contributed by atoms with Crippen molar-refractivity contribution in [1.29, 1.82) is 0 Å². The highest BCUT2D eigenvalue weighted by Crippen LogP contribution is 2.35. The van der Waals surface area contributed by atoms with E-state index >= 15 is 0 Å². The zero-order chi connectivity index (χ0) is 13.7. The smallest absolute Gasteiger partial charge is 0.0897 e. The lowest BCUT2D eigenvalue weighted by Gasteiger charge is -2.39. The lowest BCUT2D eigenvalue weighted by molar-refractivity contribution is -0.00857. The van der Waals surface area contributed by atoms with E-state index in [-0.39, 0.29) is 6.10 Å². The van der Waals surface area contributed by atoms with Crippen molar-refractivity contribution >= 4 is 0 Å². The molecule has 0 saturated heterocycles. The largest absolute Gasteiger partial charge is 0.389 e. The monoisotopic (exact) mass is 269 g/mol. The molecule has 0 aliphatic heterocycles. The average molecular weight is 269 g/mol. The number of rotatable bonds is 6.